The van der Waals surface area contributed by atoms with Gasteiger partial charge in [-0.25, -0.2) is 0 Å². The molecule has 2 aromatic carbocycles. The molecule has 0 aliphatic carbocycles. The van der Waals surface area contributed by atoms with Gasteiger partial charge in [0.05, 0.1) is 6.54 Å². The van der Waals surface area contributed by atoms with Crippen molar-refractivity contribution in [3.05, 3.63) is 71.8 Å². The summed E-state index contributed by atoms with van der Waals surface area (Å²) in [7, 11) is 0. The number of aliphatic hydroxyl groups excluding tert-OH is 1. The molecule has 1 aliphatic heterocycles. The van der Waals surface area contributed by atoms with Gasteiger partial charge in [-0.05, 0) is 24.0 Å². The van der Waals surface area contributed by atoms with Crippen LogP contribution >= 0.6 is 0 Å². The highest BCUT2D eigenvalue weighted by Crippen LogP contribution is 2.41. The van der Waals surface area contributed by atoms with Crippen LogP contribution in [0.4, 0.5) is 0 Å². The second-order valence-electron chi connectivity index (χ2n) is 6.10. The predicted molar refractivity (Wildman–Crippen MR) is 94.2 cm³/mol. The second-order valence-corrected chi connectivity index (χ2v) is 6.10. The number of nitrogens with zero attached hydrogens (tertiary/aromatic N) is 1. The van der Waals surface area contributed by atoms with Crippen molar-refractivity contribution >= 4 is 0 Å². The Bertz CT molecular complexity index is 620. The molecule has 0 saturated carbocycles. The molecule has 1 saturated heterocycles. The largest absolute Gasteiger partial charge is 0.384 e. The van der Waals surface area contributed by atoms with Gasteiger partial charge in [-0.1, -0.05) is 72.5 Å². The number of hydrogen-bond donors (Lipinski definition) is 1. The first-order valence-corrected chi connectivity index (χ1v) is 8.25. The van der Waals surface area contributed by atoms with E-state index >= 15 is 0 Å². The number of hydrogen-bond acceptors (Lipinski definition) is 2. The molecule has 2 nitrogen and oxygen atoms in total. The maximum absolute atomic E-state index is 8.78. The summed E-state index contributed by atoms with van der Waals surface area (Å²) in [6, 6.07) is 21.8. The molecule has 2 heteroatoms. The lowest BCUT2D eigenvalue weighted by Crippen LogP contribution is -2.43. The Kier molecular flexibility index (Phi) is 5.12. The summed E-state index contributed by atoms with van der Waals surface area (Å²) in [6.45, 7) is 2.76. The number of aliphatic hydroxyl groups is 1. The van der Waals surface area contributed by atoms with Crippen molar-refractivity contribution in [1.29, 1.82) is 0 Å². The summed E-state index contributed by atoms with van der Waals surface area (Å²) in [5.74, 6) is 5.78. The van der Waals surface area contributed by atoms with Gasteiger partial charge in [-0.15, -0.1) is 0 Å². The van der Waals surface area contributed by atoms with Gasteiger partial charge in [0, 0.05) is 18.5 Å². The summed E-state index contributed by atoms with van der Waals surface area (Å²) >= 11 is 0. The minimum Gasteiger partial charge on any atom is -0.384 e. The van der Waals surface area contributed by atoms with Gasteiger partial charge in [-0.3, -0.25) is 4.90 Å². The lowest BCUT2D eigenvalue weighted by Gasteiger charge is -2.42. The molecular weight excluding hydrogens is 282 g/mol. The number of likely N-dealkylation sites (tertiary alicyclic amines) is 1. The Labute approximate surface area is 138 Å². The Balaban J connectivity index is 1.85. The van der Waals surface area contributed by atoms with Crippen LogP contribution in [0.3, 0.4) is 0 Å². The Hall–Kier alpha value is -2.08. The molecule has 0 aromatic heterocycles. The van der Waals surface area contributed by atoms with Crippen LogP contribution < -0.4 is 0 Å². The molecular formula is C21H23NO. The van der Waals surface area contributed by atoms with Gasteiger partial charge in [0.1, 0.15) is 6.61 Å². The predicted octanol–water partition coefficient (Wildman–Crippen LogP) is 3.06. The smallest absolute Gasteiger partial charge is 0.104 e. The molecule has 0 bridgehead atoms. The third-order valence-electron chi connectivity index (χ3n) is 4.87. The summed E-state index contributed by atoms with van der Waals surface area (Å²) < 4.78 is 0. The fraction of sp³-hybridized carbons (Fsp3) is 0.333. The van der Waals surface area contributed by atoms with E-state index in [1.54, 1.807) is 0 Å². The van der Waals surface area contributed by atoms with Crippen molar-refractivity contribution in [3.63, 3.8) is 0 Å². The molecule has 0 radical (unpaired) electrons. The van der Waals surface area contributed by atoms with Crippen molar-refractivity contribution in [1.82, 2.24) is 4.90 Å². The zero-order valence-corrected chi connectivity index (χ0v) is 13.4. The number of rotatable bonds is 3. The Morgan fingerprint density at radius 1 is 0.826 bits per heavy atom. The van der Waals surface area contributed by atoms with Gasteiger partial charge in [-0.2, -0.15) is 0 Å². The SMILES string of the molecule is OCC#CCN1CCC(c2ccccc2)(c2ccccc2)CC1. The zero-order chi connectivity index (χ0) is 16.0. The van der Waals surface area contributed by atoms with Gasteiger partial charge in [0.15, 0.2) is 0 Å². The van der Waals surface area contributed by atoms with E-state index in [1.807, 2.05) is 0 Å². The van der Waals surface area contributed by atoms with Gasteiger partial charge in [0.25, 0.3) is 0 Å². The van der Waals surface area contributed by atoms with E-state index in [-0.39, 0.29) is 12.0 Å². The molecule has 23 heavy (non-hydrogen) atoms. The third-order valence-corrected chi connectivity index (χ3v) is 4.87. The molecule has 0 spiro atoms. The van der Waals surface area contributed by atoms with E-state index in [1.165, 1.54) is 11.1 Å². The summed E-state index contributed by atoms with van der Waals surface area (Å²) in [6.07, 6.45) is 2.20. The first-order chi connectivity index (χ1) is 11.3. The van der Waals surface area contributed by atoms with E-state index in [4.69, 9.17) is 5.11 Å². The lowest BCUT2D eigenvalue weighted by atomic mass is 9.68. The molecule has 1 fully saturated rings. The first kappa shape index (κ1) is 15.8. The normalized spacial score (nSPS) is 17.3. The molecule has 1 aliphatic rings. The van der Waals surface area contributed by atoms with Gasteiger partial charge < -0.3 is 5.11 Å². The minimum absolute atomic E-state index is 0.0498. The van der Waals surface area contributed by atoms with Crippen molar-refractivity contribution in [2.24, 2.45) is 0 Å². The summed E-state index contributed by atoms with van der Waals surface area (Å²) in [5, 5.41) is 8.78. The standard InChI is InChI=1S/C21H23NO/c23-18-8-7-15-22-16-13-21(14-17-22,19-9-3-1-4-10-19)20-11-5-2-6-12-20/h1-6,9-12,23H,13-18H2. The van der Waals surface area contributed by atoms with Crippen LogP contribution in [0.25, 0.3) is 0 Å². The van der Waals surface area contributed by atoms with Gasteiger partial charge >= 0.3 is 0 Å². The van der Waals surface area contributed by atoms with E-state index in [9.17, 15) is 0 Å². The molecule has 118 valence electrons. The second kappa shape index (κ2) is 7.46. The van der Waals surface area contributed by atoms with E-state index in [0.29, 0.717) is 0 Å². The summed E-state index contributed by atoms with van der Waals surface area (Å²) in [4.78, 5) is 2.38. The third kappa shape index (κ3) is 3.47. The zero-order valence-electron chi connectivity index (χ0n) is 13.4. The molecule has 2 aromatic rings. The molecule has 1 N–H and O–H groups in total. The quantitative estimate of drug-likeness (QED) is 0.881. The fourth-order valence-electron chi connectivity index (χ4n) is 3.57. The molecule has 0 atom stereocenters. The highest BCUT2D eigenvalue weighted by molar-refractivity contribution is 5.40. The highest BCUT2D eigenvalue weighted by atomic mass is 16.2. The number of piperidine rings is 1. The van der Waals surface area contributed by atoms with E-state index < -0.39 is 0 Å². The topological polar surface area (TPSA) is 23.5 Å². The maximum atomic E-state index is 8.78. The summed E-state index contributed by atoms with van der Waals surface area (Å²) in [5.41, 5.74) is 2.92. The van der Waals surface area contributed by atoms with Gasteiger partial charge in [0.2, 0.25) is 0 Å². The van der Waals surface area contributed by atoms with Crippen LogP contribution in [0, 0.1) is 11.8 Å². The lowest BCUT2D eigenvalue weighted by molar-refractivity contribution is 0.197. The van der Waals surface area contributed by atoms with Crippen LogP contribution in [0.2, 0.25) is 0 Å². The maximum Gasteiger partial charge on any atom is 0.104 e. The van der Waals surface area contributed by atoms with Crippen molar-refractivity contribution < 1.29 is 5.11 Å². The van der Waals surface area contributed by atoms with E-state index in [0.717, 1.165) is 32.5 Å². The average molecular weight is 305 g/mol. The van der Waals surface area contributed by atoms with Crippen LogP contribution in [0.5, 0.6) is 0 Å². The van der Waals surface area contributed by atoms with Crippen molar-refractivity contribution in [2.75, 3.05) is 26.2 Å². The van der Waals surface area contributed by atoms with Crippen LogP contribution in [0.1, 0.15) is 24.0 Å². The number of benzene rings is 2. The average Bonchev–Trinajstić information content (AvgIpc) is 2.64. The fourth-order valence-corrected chi connectivity index (χ4v) is 3.57. The molecule has 0 amide bonds. The van der Waals surface area contributed by atoms with Crippen LogP contribution in [-0.2, 0) is 5.41 Å². The Morgan fingerprint density at radius 2 is 1.35 bits per heavy atom. The van der Waals surface area contributed by atoms with Crippen LogP contribution in [-0.4, -0.2) is 36.2 Å². The van der Waals surface area contributed by atoms with Crippen LogP contribution in [0.15, 0.2) is 60.7 Å². The molecule has 3 rings (SSSR count). The molecule has 1 heterocycles. The Morgan fingerprint density at radius 3 is 1.83 bits per heavy atom. The highest BCUT2D eigenvalue weighted by Gasteiger charge is 2.37. The van der Waals surface area contributed by atoms with Crippen molar-refractivity contribution in [2.45, 2.75) is 18.3 Å². The monoisotopic (exact) mass is 305 g/mol. The molecule has 0 unspecified atom stereocenters. The first-order valence-electron chi connectivity index (χ1n) is 8.25. The van der Waals surface area contributed by atoms with E-state index in [2.05, 4.69) is 77.4 Å². The minimum atomic E-state index is -0.0498. The van der Waals surface area contributed by atoms with Crippen molar-refractivity contribution in [3.8, 4) is 11.8 Å².